The van der Waals surface area contributed by atoms with Crippen molar-refractivity contribution < 1.29 is 4.74 Å². The summed E-state index contributed by atoms with van der Waals surface area (Å²) < 4.78 is 7.88. The molecule has 0 aliphatic carbocycles. The standard InChI is InChI=1S/C28H35N5OS/c1-20-8-6-9-23(18-20)33-21(2)19-24(22(33)3)27-26(25-10-4-5-11-29-25)30-28(35)32(27)13-7-12-31-14-16-34-17-15-31/h4-6,8-11,18-19,26-27H,7,12-17H2,1-3H3,(H,30,35)/t26-,27+/m1/s1. The largest absolute Gasteiger partial charge is 0.379 e. The third kappa shape index (κ3) is 4.99. The smallest absolute Gasteiger partial charge is 0.170 e. The van der Waals surface area contributed by atoms with Crippen molar-refractivity contribution in [3.63, 3.8) is 0 Å². The number of benzene rings is 1. The molecule has 0 amide bonds. The van der Waals surface area contributed by atoms with Crippen LogP contribution in [0.15, 0.2) is 54.7 Å². The van der Waals surface area contributed by atoms with Gasteiger partial charge in [0, 0.05) is 49.5 Å². The topological polar surface area (TPSA) is 45.6 Å². The van der Waals surface area contributed by atoms with Crippen molar-refractivity contribution in [1.82, 2.24) is 24.7 Å². The van der Waals surface area contributed by atoms with Gasteiger partial charge in [0.2, 0.25) is 0 Å². The maximum atomic E-state index is 5.90. The van der Waals surface area contributed by atoms with Crippen LogP contribution in [0.2, 0.25) is 0 Å². The fourth-order valence-electron chi connectivity index (χ4n) is 5.53. The Labute approximate surface area is 213 Å². The number of hydrogen-bond donors (Lipinski definition) is 1. The summed E-state index contributed by atoms with van der Waals surface area (Å²) in [5, 5.41) is 4.43. The van der Waals surface area contributed by atoms with E-state index in [1.807, 2.05) is 12.3 Å². The molecule has 0 bridgehead atoms. The van der Waals surface area contributed by atoms with Gasteiger partial charge in [-0.2, -0.15) is 0 Å². The first-order valence-electron chi connectivity index (χ1n) is 12.6. The third-order valence-corrected chi connectivity index (χ3v) is 7.58. The number of rotatable bonds is 7. The number of ether oxygens (including phenoxy) is 1. The number of hydrogen-bond acceptors (Lipinski definition) is 4. The first-order chi connectivity index (χ1) is 17.0. The number of aromatic nitrogens is 2. The number of pyridine rings is 1. The van der Waals surface area contributed by atoms with Crippen molar-refractivity contribution in [3.05, 3.63) is 82.9 Å². The predicted octanol–water partition coefficient (Wildman–Crippen LogP) is 4.49. The Kier molecular flexibility index (Phi) is 7.18. The molecule has 5 rings (SSSR count). The van der Waals surface area contributed by atoms with E-state index in [0.29, 0.717) is 0 Å². The molecule has 1 N–H and O–H groups in total. The molecule has 3 aromatic rings. The molecular formula is C28H35N5OS. The highest BCUT2D eigenvalue weighted by Crippen LogP contribution is 2.41. The van der Waals surface area contributed by atoms with Gasteiger partial charge in [0.05, 0.1) is 31.0 Å². The summed E-state index contributed by atoms with van der Waals surface area (Å²) in [6.45, 7) is 12.2. The quantitative estimate of drug-likeness (QED) is 0.494. The zero-order valence-electron chi connectivity index (χ0n) is 20.9. The van der Waals surface area contributed by atoms with E-state index >= 15 is 0 Å². The molecule has 35 heavy (non-hydrogen) atoms. The molecule has 7 heteroatoms. The minimum Gasteiger partial charge on any atom is -0.379 e. The van der Waals surface area contributed by atoms with Crippen molar-refractivity contribution in [2.45, 2.75) is 39.3 Å². The average Bonchev–Trinajstić information content (AvgIpc) is 3.35. The van der Waals surface area contributed by atoms with Crippen LogP contribution in [-0.2, 0) is 4.74 Å². The number of nitrogens with zero attached hydrogens (tertiary/aromatic N) is 4. The molecule has 0 spiro atoms. The van der Waals surface area contributed by atoms with E-state index in [4.69, 9.17) is 21.9 Å². The lowest BCUT2D eigenvalue weighted by atomic mass is 9.96. The van der Waals surface area contributed by atoms with Crippen molar-refractivity contribution in [2.75, 3.05) is 39.4 Å². The summed E-state index contributed by atoms with van der Waals surface area (Å²) in [5.74, 6) is 0. The molecule has 0 unspecified atom stereocenters. The molecule has 2 fully saturated rings. The molecule has 2 aliphatic heterocycles. The van der Waals surface area contributed by atoms with Gasteiger partial charge in [-0.05, 0) is 80.9 Å². The average molecular weight is 490 g/mol. The fourth-order valence-corrected chi connectivity index (χ4v) is 5.86. The maximum absolute atomic E-state index is 5.90. The minimum atomic E-state index is 0.0125. The Morgan fingerprint density at radius 1 is 1.03 bits per heavy atom. The SMILES string of the molecule is Cc1cccc(-n2c(C)cc([C@H]3[C@@H](c4ccccn4)NC(=S)N3CCCN3CCOCC3)c2C)c1. The van der Waals surface area contributed by atoms with Gasteiger partial charge >= 0.3 is 0 Å². The normalized spacial score (nSPS) is 20.9. The molecule has 2 aromatic heterocycles. The van der Waals surface area contributed by atoms with Crippen LogP contribution < -0.4 is 5.32 Å². The van der Waals surface area contributed by atoms with Crippen LogP contribution in [0.25, 0.3) is 5.69 Å². The molecule has 0 saturated carbocycles. The van der Waals surface area contributed by atoms with Crippen LogP contribution >= 0.6 is 12.2 Å². The second-order valence-electron chi connectivity index (χ2n) is 9.63. The van der Waals surface area contributed by atoms with Gasteiger partial charge < -0.3 is 19.5 Å². The maximum Gasteiger partial charge on any atom is 0.170 e. The lowest BCUT2D eigenvalue weighted by Crippen LogP contribution is -2.39. The number of morpholine rings is 1. The van der Waals surface area contributed by atoms with Crippen molar-refractivity contribution in [1.29, 1.82) is 0 Å². The van der Waals surface area contributed by atoms with E-state index in [1.165, 1.54) is 28.2 Å². The Morgan fingerprint density at radius 3 is 2.60 bits per heavy atom. The molecule has 2 atom stereocenters. The van der Waals surface area contributed by atoms with E-state index in [0.717, 1.165) is 56.6 Å². The summed E-state index contributed by atoms with van der Waals surface area (Å²) >= 11 is 5.90. The van der Waals surface area contributed by atoms with E-state index in [9.17, 15) is 0 Å². The van der Waals surface area contributed by atoms with Gasteiger partial charge in [0.15, 0.2) is 5.11 Å². The van der Waals surface area contributed by atoms with Crippen molar-refractivity contribution in [3.8, 4) is 5.69 Å². The van der Waals surface area contributed by atoms with E-state index in [-0.39, 0.29) is 12.1 Å². The highest BCUT2D eigenvalue weighted by atomic mass is 32.1. The van der Waals surface area contributed by atoms with Gasteiger partial charge in [-0.25, -0.2) is 0 Å². The second-order valence-corrected chi connectivity index (χ2v) is 10.0. The van der Waals surface area contributed by atoms with E-state index < -0.39 is 0 Å². The first kappa shape index (κ1) is 24.0. The highest BCUT2D eigenvalue weighted by Gasteiger charge is 2.41. The van der Waals surface area contributed by atoms with E-state index in [2.05, 4.69) is 82.9 Å². The first-order valence-corrected chi connectivity index (χ1v) is 13.0. The molecule has 184 valence electrons. The van der Waals surface area contributed by atoms with E-state index in [1.54, 1.807) is 0 Å². The lowest BCUT2D eigenvalue weighted by Gasteiger charge is -2.30. The Balaban J connectivity index is 1.47. The number of nitrogens with one attached hydrogen (secondary N) is 1. The molecule has 6 nitrogen and oxygen atoms in total. The minimum absolute atomic E-state index is 0.0125. The number of aryl methyl sites for hydroxylation is 2. The summed E-state index contributed by atoms with van der Waals surface area (Å²) in [4.78, 5) is 9.59. The fraction of sp³-hybridized carbons (Fsp3) is 0.429. The van der Waals surface area contributed by atoms with Crippen LogP contribution in [0.3, 0.4) is 0 Å². The summed E-state index contributed by atoms with van der Waals surface area (Å²) in [6.07, 6.45) is 2.93. The zero-order chi connectivity index (χ0) is 24.4. The van der Waals surface area contributed by atoms with Crippen LogP contribution in [-0.4, -0.2) is 63.9 Å². The molecule has 4 heterocycles. The summed E-state index contributed by atoms with van der Waals surface area (Å²) in [6, 6.07) is 17.3. The second kappa shape index (κ2) is 10.5. The Morgan fingerprint density at radius 2 is 1.86 bits per heavy atom. The molecule has 1 aromatic carbocycles. The molecular weight excluding hydrogens is 454 g/mol. The molecule has 2 saturated heterocycles. The van der Waals surface area contributed by atoms with Crippen LogP contribution in [0.4, 0.5) is 0 Å². The Hall–Kier alpha value is -2.74. The summed E-state index contributed by atoms with van der Waals surface area (Å²) in [7, 11) is 0. The van der Waals surface area contributed by atoms with Gasteiger partial charge in [-0.1, -0.05) is 18.2 Å². The van der Waals surface area contributed by atoms with Crippen LogP contribution in [0, 0.1) is 20.8 Å². The Bertz CT molecular complexity index is 1170. The lowest BCUT2D eigenvalue weighted by molar-refractivity contribution is 0.0365. The third-order valence-electron chi connectivity index (χ3n) is 7.22. The molecule has 0 radical (unpaired) electrons. The number of thiocarbonyl (C=S) groups is 1. The summed E-state index contributed by atoms with van der Waals surface area (Å²) in [5.41, 5.74) is 7.27. The van der Waals surface area contributed by atoms with Crippen molar-refractivity contribution in [2.24, 2.45) is 0 Å². The van der Waals surface area contributed by atoms with Gasteiger partial charge in [-0.3, -0.25) is 9.88 Å². The monoisotopic (exact) mass is 489 g/mol. The molecule has 2 aliphatic rings. The zero-order valence-corrected chi connectivity index (χ0v) is 21.7. The van der Waals surface area contributed by atoms with Gasteiger partial charge in [0.1, 0.15) is 0 Å². The van der Waals surface area contributed by atoms with Gasteiger partial charge in [0.25, 0.3) is 0 Å². The highest BCUT2D eigenvalue weighted by molar-refractivity contribution is 7.80. The van der Waals surface area contributed by atoms with Crippen molar-refractivity contribution >= 4 is 17.3 Å². The predicted molar refractivity (Wildman–Crippen MR) is 144 cm³/mol. The van der Waals surface area contributed by atoms with Crippen LogP contribution in [0.1, 0.15) is 46.7 Å². The van der Waals surface area contributed by atoms with Crippen LogP contribution in [0.5, 0.6) is 0 Å². The van der Waals surface area contributed by atoms with Gasteiger partial charge in [-0.15, -0.1) is 0 Å².